The highest BCUT2D eigenvalue weighted by molar-refractivity contribution is 6.33. The largest absolute Gasteiger partial charge is 0.490 e. The molecule has 0 saturated carbocycles. The number of carboxylic acids is 1. The molecule has 0 aliphatic carbocycles. The molecule has 0 spiro atoms. The lowest BCUT2D eigenvalue weighted by Crippen LogP contribution is -2.05. The van der Waals surface area contributed by atoms with Crippen LogP contribution in [0.4, 0.5) is 5.69 Å². The predicted octanol–water partition coefficient (Wildman–Crippen LogP) is 5.49. The fourth-order valence-corrected chi connectivity index (χ4v) is 2.82. The first-order valence-corrected chi connectivity index (χ1v) is 9.06. The van der Waals surface area contributed by atoms with Gasteiger partial charge in [0.25, 0.3) is 0 Å². The van der Waals surface area contributed by atoms with Gasteiger partial charge in [0.15, 0.2) is 11.5 Å². The zero-order valence-corrected chi connectivity index (χ0v) is 16.2. The van der Waals surface area contributed by atoms with Gasteiger partial charge in [0.2, 0.25) is 0 Å². The molecule has 0 atom stereocenters. The summed E-state index contributed by atoms with van der Waals surface area (Å²) in [6.07, 6.45) is 0.869. The predicted molar refractivity (Wildman–Crippen MR) is 104 cm³/mol. The average Bonchev–Trinajstić information content (AvgIpc) is 2.60. The van der Waals surface area contributed by atoms with Crippen molar-refractivity contribution >= 4 is 34.9 Å². The van der Waals surface area contributed by atoms with Gasteiger partial charge in [-0.1, -0.05) is 30.1 Å². The summed E-state index contributed by atoms with van der Waals surface area (Å²) in [5.41, 5.74) is 1.58. The van der Waals surface area contributed by atoms with Crippen LogP contribution in [-0.4, -0.2) is 24.3 Å². The Morgan fingerprint density at radius 3 is 2.54 bits per heavy atom. The molecule has 0 unspecified atom stereocenters. The third-order valence-electron chi connectivity index (χ3n) is 3.51. The van der Waals surface area contributed by atoms with Crippen molar-refractivity contribution < 1.29 is 19.4 Å². The van der Waals surface area contributed by atoms with Crippen LogP contribution >= 0.6 is 23.2 Å². The number of rotatable bonds is 9. The molecule has 0 aliphatic heterocycles. The van der Waals surface area contributed by atoms with Crippen LogP contribution in [-0.2, 0) is 6.54 Å². The van der Waals surface area contributed by atoms with Gasteiger partial charge in [-0.2, -0.15) is 0 Å². The molecule has 0 heterocycles. The minimum Gasteiger partial charge on any atom is -0.490 e. The normalized spacial score (nSPS) is 10.5. The number of hydrogen-bond acceptors (Lipinski definition) is 4. The first kappa shape index (κ1) is 20.2. The lowest BCUT2D eigenvalue weighted by atomic mass is 10.1. The van der Waals surface area contributed by atoms with Crippen LogP contribution in [0, 0.1) is 0 Å². The molecule has 7 heteroatoms. The molecule has 26 heavy (non-hydrogen) atoms. The van der Waals surface area contributed by atoms with E-state index in [-0.39, 0.29) is 10.6 Å². The molecule has 0 bridgehead atoms. The summed E-state index contributed by atoms with van der Waals surface area (Å²) in [6, 6.07) is 8.43. The molecule has 0 saturated heterocycles. The molecule has 0 amide bonds. The number of ether oxygens (including phenoxy) is 2. The summed E-state index contributed by atoms with van der Waals surface area (Å²) in [6.45, 7) is 5.40. The fourth-order valence-electron chi connectivity index (χ4n) is 2.33. The summed E-state index contributed by atoms with van der Waals surface area (Å²) in [5, 5.41) is 13.0. The highest BCUT2D eigenvalue weighted by Crippen LogP contribution is 2.37. The van der Waals surface area contributed by atoms with E-state index in [4.69, 9.17) is 37.8 Å². The molecule has 0 radical (unpaired) electrons. The number of halogens is 2. The number of carbonyl (C=O) groups is 1. The Labute approximate surface area is 162 Å². The van der Waals surface area contributed by atoms with Gasteiger partial charge in [-0.3, -0.25) is 0 Å². The van der Waals surface area contributed by atoms with Crippen molar-refractivity contribution in [2.75, 3.05) is 18.5 Å². The minimum atomic E-state index is -1.07. The summed E-state index contributed by atoms with van der Waals surface area (Å²) < 4.78 is 11.3. The Bertz CT molecular complexity index is 780. The van der Waals surface area contributed by atoms with Crippen molar-refractivity contribution in [3.05, 3.63) is 51.5 Å². The Hall–Kier alpha value is -2.11. The smallest absolute Gasteiger partial charge is 0.337 e. The van der Waals surface area contributed by atoms with Crippen LogP contribution in [0.2, 0.25) is 10.0 Å². The molecular formula is C19H21Cl2NO4. The van der Waals surface area contributed by atoms with Gasteiger partial charge < -0.3 is 19.9 Å². The highest BCUT2D eigenvalue weighted by atomic mass is 35.5. The molecule has 2 aromatic rings. The number of hydrogen-bond donors (Lipinski definition) is 2. The molecule has 5 nitrogen and oxygen atoms in total. The second kappa shape index (κ2) is 9.55. The second-order valence-electron chi connectivity index (χ2n) is 5.54. The number of carboxylic acid groups (broad SMARTS) is 1. The topological polar surface area (TPSA) is 67.8 Å². The monoisotopic (exact) mass is 397 g/mol. The Morgan fingerprint density at radius 2 is 1.88 bits per heavy atom. The van der Waals surface area contributed by atoms with Crippen LogP contribution in [0.15, 0.2) is 30.3 Å². The first-order valence-electron chi connectivity index (χ1n) is 8.31. The highest BCUT2D eigenvalue weighted by Gasteiger charge is 2.13. The molecule has 140 valence electrons. The Morgan fingerprint density at radius 1 is 1.12 bits per heavy atom. The van der Waals surface area contributed by atoms with Gasteiger partial charge in [-0.25, -0.2) is 4.79 Å². The van der Waals surface area contributed by atoms with Gasteiger partial charge in [-0.15, -0.1) is 0 Å². The maximum atomic E-state index is 11.2. The van der Waals surface area contributed by atoms with E-state index in [1.807, 2.05) is 19.9 Å². The number of benzene rings is 2. The zero-order valence-electron chi connectivity index (χ0n) is 14.6. The van der Waals surface area contributed by atoms with Crippen LogP contribution in [0.1, 0.15) is 36.2 Å². The maximum absolute atomic E-state index is 11.2. The van der Waals surface area contributed by atoms with E-state index in [1.54, 1.807) is 18.2 Å². The maximum Gasteiger partial charge on any atom is 0.337 e. The molecular weight excluding hydrogens is 377 g/mol. The van der Waals surface area contributed by atoms with Crippen molar-refractivity contribution in [3.63, 3.8) is 0 Å². The van der Waals surface area contributed by atoms with Crippen molar-refractivity contribution in [1.29, 1.82) is 0 Å². The van der Waals surface area contributed by atoms with Crippen LogP contribution in [0.3, 0.4) is 0 Å². The fraction of sp³-hybridized carbons (Fsp3) is 0.316. The molecule has 0 fully saturated rings. The lowest BCUT2D eigenvalue weighted by molar-refractivity contribution is 0.0697. The molecule has 2 aromatic carbocycles. The van der Waals surface area contributed by atoms with Gasteiger partial charge in [0.1, 0.15) is 0 Å². The summed E-state index contributed by atoms with van der Waals surface area (Å²) in [5.74, 6) is 0.0594. The van der Waals surface area contributed by atoms with Crippen LogP contribution < -0.4 is 14.8 Å². The van der Waals surface area contributed by atoms with E-state index in [9.17, 15) is 4.79 Å². The molecule has 2 N–H and O–H groups in total. The second-order valence-corrected chi connectivity index (χ2v) is 6.35. The van der Waals surface area contributed by atoms with E-state index < -0.39 is 5.97 Å². The van der Waals surface area contributed by atoms with Gasteiger partial charge in [0.05, 0.1) is 28.8 Å². The van der Waals surface area contributed by atoms with Crippen LogP contribution in [0.25, 0.3) is 0 Å². The van der Waals surface area contributed by atoms with E-state index >= 15 is 0 Å². The van der Waals surface area contributed by atoms with Gasteiger partial charge >= 0.3 is 5.97 Å². The van der Waals surface area contributed by atoms with E-state index in [0.29, 0.717) is 42.0 Å². The summed E-state index contributed by atoms with van der Waals surface area (Å²) >= 11 is 12.2. The molecule has 2 rings (SSSR count). The number of anilines is 1. The Kier molecular flexibility index (Phi) is 7.42. The average molecular weight is 398 g/mol. The van der Waals surface area contributed by atoms with Crippen molar-refractivity contribution in [1.82, 2.24) is 0 Å². The third-order valence-corrected chi connectivity index (χ3v) is 4.12. The Balaban J connectivity index is 2.19. The summed E-state index contributed by atoms with van der Waals surface area (Å²) in [7, 11) is 0. The molecule has 0 aliphatic rings. The van der Waals surface area contributed by atoms with Gasteiger partial charge in [-0.05, 0) is 49.2 Å². The SMILES string of the molecule is CCCOc1c(Cl)cc(CNc2ccc(Cl)c(C(=O)O)c2)cc1OCC. The number of aromatic carboxylic acids is 1. The van der Waals surface area contributed by atoms with E-state index in [1.165, 1.54) is 6.07 Å². The number of nitrogens with one attached hydrogen (secondary N) is 1. The van der Waals surface area contributed by atoms with Crippen LogP contribution in [0.5, 0.6) is 11.5 Å². The standard InChI is InChI=1S/C19H21Cl2NO4/c1-3-7-26-18-16(21)8-12(9-17(18)25-4-2)11-22-13-5-6-15(20)14(10-13)19(23)24/h5-6,8-10,22H,3-4,7,11H2,1-2H3,(H,23,24). The van der Waals surface area contributed by atoms with Crippen molar-refractivity contribution in [3.8, 4) is 11.5 Å². The minimum absolute atomic E-state index is 0.0491. The van der Waals surface area contributed by atoms with E-state index in [2.05, 4.69) is 5.32 Å². The lowest BCUT2D eigenvalue weighted by Gasteiger charge is -2.15. The van der Waals surface area contributed by atoms with Crippen molar-refractivity contribution in [2.24, 2.45) is 0 Å². The zero-order chi connectivity index (χ0) is 19.1. The quantitative estimate of drug-likeness (QED) is 0.585. The third kappa shape index (κ3) is 5.19. The summed E-state index contributed by atoms with van der Waals surface area (Å²) in [4.78, 5) is 11.2. The van der Waals surface area contributed by atoms with Crippen molar-refractivity contribution in [2.45, 2.75) is 26.8 Å². The van der Waals surface area contributed by atoms with Gasteiger partial charge in [0, 0.05) is 12.2 Å². The first-order chi connectivity index (χ1) is 12.5. The van der Waals surface area contributed by atoms with E-state index in [0.717, 1.165) is 12.0 Å². The molecule has 0 aromatic heterocycles.